The van der Waals surface area contributed by atoms with Gasteiger partial charge in [-0.1, -0.05) is 30.3 Å². The summed E-state index contributed by atoms with van der Waals surface area (Å²) in [6.45, 7) is 1.32. The van der Waals surface area contributed by atoms with Gasteiger partial charge in [0.2, 0.25) is 0 Å². The lowest BCUT2D eigenvalue weighted by atomic mass is 9.89. The fourth-order valence-electron chi connectivity index (χ4n) is 4.57. The fourth-order valence-corrected chi connectivity index (χ4v) is 4.57. The Labute approximate surface area is 181 Å². The molecule has 0 bridgehead atoms. The highest BCUT2D eigenvalue weighted by atomic mass is 19.1. The molecule has 4 rings (SSSR count). The Balaban J connectivity index is 1.76. The Morgan fingerprint density at radius 1 is 1.26 bits per heavy atom. The maximum atomic E-state index is 14.6. The minimum Gasteiger partial charge on any atom is -0.393 e. The quantitative estimate of drug-likeness (QED) is 0.787. The molecular weight excluding hydrogens is 400 g/mol. The fraction of sp³-hybridized carbons (Fsp3) is 0.375. The smallest absolute Gasteiger partial charge is 0.321 e. The van der Waals surface area contributed by atoms with E-state index in [1.807, 2.05) is 30.3 Å². The third kappa shape index (κ3) is 3.95. The van der Waals surface area contributed by atoms with Gasteiger partial charge in [0, 0.05) is 31.7 Å². The molecule has 0 aliphatic carbocycles. The molecule has 0 aromatic heterocycles. The Kier molecular flexibility index (Phi) is 6.07. The summed E-state index contributed by atoms with van der Waals surface area (Å²) < 4.78 is 28.5. The van der Waals surface area contributed by atoms with Crippen LogP contribution >= 0.6 is 0 Å². The predicted molar refractivity (Wildman–Crippen MR) is 115 cm³/mol. The van der Waals surface area contributed by atoms with Crippen LogP contribution in [0.15, 0.2) is 54.6 Å². The number of aliphatic hydroxyl groups is 1. The predicted octanol–water partition coefficient (Wildman–Crippen LogP) is 3.36. The molecule has 2 amide bonds. The lowest BCUT2D eigenvalue weighted by molar-refractivity contribution is 0.0765. The Morgan fingerprint density at radius 2 is 2.03 bits per heavy atom. The van der Waals surface area contributed by atoms with E-state index < -0.39 is 17.2 Å². The molecule has 7 heteroatoms. The van der Waals surface area contributed by atoms with E-state index in [0.717, 1.165) is 37.6 Å². The third-order valence-electron chi connectivity index (χ3n) is 6.36. The molecule has 0 radical (unpaired) electrons. The van der Waals surface area contributed by atoms with Crippen LogP contribution < -0.4 is 5.32 Å². The number of aliphatic hydroxyl groups excluding tert-OH is 1. The highest BCUT2D eigenvalue weighted by molar-refractivity contribution is 5.83. The summed E-state index contributed by atoms with van der Waals surface area (Å²) in [4.78, 5) is 16.9. The normalized spacial score (nSPS) is 23.5. The van der Waals surface area contributed by atoms with Gasteiger partial charge >= 0.3 is 6.03 Å². The number of likely N-dealkylation sites (N-methyl/N-ethyl adjacent to an activating group) is 1. The molecule has 2 aromatic carbocycles. The average Bonchev–Trinajstić information content (AvgIpc) is 3.21. The van der Waals surface area contributed by atoms with Gasteiger partial charge in [0.25, 0.3) is 0 Å². The second-order valence-electron chi connectivity index (χ2n) is 8.22. The van der Waals surface area contributed by atoms with Crippen LogP contribution in [0.2, 0.25) is 0 Å². The third-order valence-corrected chi connectivity index (χ3v) is 6.36. The number of benzene rings is 2. The van der Waals surface area contributed by atoms with Gasteiger partial charge in [-0.2, -0.15) is 0 Å². The van der Waals surface area contributed by atoms with Crippen LogP contribution in [0.3, 0.4) is 0 Å². The van der Waals surface area contributed by atoms with Gasteiger partial charge in [0.15, 0.2) is 0 Å². The molecule has 2 aliphatic rings. The van der Waals surface area contributed by atoms with Crippen LogP contribution in [0.5, 0.6) is 0 Å². The number of hydrogen-bond acceptors (Lipinski definition) is 3. The van der Waals surface area contributed by atoms with Crippen molar-refractivity contribution in [2.75, 3.05) is 33.3 Å². The number of rotatable bonds is 4. The zero-order chi connectivity index (χ0) is 22.0. The lowest BCUT2D eigenvalue weighted by Crippen LogP contribution is -2.56. The molecule has 2 atom stereocenters. The van der Waals surface area contributed by atoms with Crippen LogP contribution in [-0.4, -0.2) is 60.3 Å². The number of carbonyl (C=O) groups is 1. The molecule has 2 aromatic rings. The number of nitrogens with one attached hydrogen (secondary N) is 1. The van der Waals surface area contributed by atoms with Crippen molar-refractivity contribution in [1.29, 1.82) is 0 Å². The van der Waals surface area contributed by atoms with Crippen molar-refractivity contribution in [3.63, 3.8) is 0 Å². The lowest BCUT2D eigenvalue weighted by Gasteiger charge is -2.41. The second-order valence-corrected chi connectivity index (χ2v) is 8.22. The van der Waals surface area contributed by atoms with Gasteiger partial charge in [-0.05, 0) is 54.8 Å². The van der Waals surface area contributed by atoms with Crippen molar-refractivity contribution in [3.05, 3.63) is 77.4 Å². The van der Waals surface area contributed by atoms with E-state index in [-0.39, 0.29) is 30.8 Å². The molecular formula is C24H27F2N3O2. The molecule has 164 valence electrons. The van der Waals surface area contributed by atoms with Crippen molar-refractivity contribution in [1.82, 2.24) is 15.1 Å². The van der Waals surface area contributed by atoms with Gasteiger partial charge < -0.3 is 20.2 Å². The van der Waals surface area contributed by atoms with Gasteiger partial charge in [0.05, 0.1) is 6.61 Å². The number of piperidine rings is 1. The molecule has 31 heavy (non-hydrogen) atoms. The van der Waals surface area contributed by atoms with E-state index in [2.05, 4.69) is 5.32 Å². The average molecular weight is 427 g/mol. The molecule has 0 saturated carbocycles. The number of amides is 2. The van der Waals surface area contributed by atoms with Crippen molar-refractivity contribution < 1.29 is 18.7 Å². The summed E-state index contributed by atoms with van der Waals surface area (Å²) in [5.41, 5.74) is 0.125. The molecule has 0 spiro atoms. The van der Waals surface area contributed by atoms with Gasteiger partial charge in [0.1, 0.15) is 17.2 Å². The van der Waals surface area contributed by atoms with Crippen molar-refractivity contribution in [2.45, 2.75) is 24.4 Å². The van der Waals surface area contributed by atoms with Crippen LogP contribution in [0.4, 0.5) is 13.6 Å². The highest BCUT2D eigenvalue weighted by Crippen LogP contribution is 2.41. The summed E-state index contributed by atoms with van der Waals surface area (Å²) in [7, 11) is 1.76. The summed E-state index contributed by atoms with van der Waals surface area (Å²) in [5, 5.41) is 13.8. The summed E-state index contributed by atoms with van der Waals surface area (Å²) in [6.07, 6.45) is 3.56. The maximum absolute atomic E-state index is 14.6. The largest absolute Gasteiger partial charge is 0.393 e. The number of hydrogen-bond donors (Lipinski definition) is 2. The van der Waals surface area contributed by atoms with Crippen molar-refractivity contribution in [2.24, 2.45) is 0 Å². The van der Waals surface area contributed by atoms with E-state index in [0.29, 0.717) is 17.7 Å². The Morgan fingerprint density at radius 3 is 2.71 bits per heavy atom. The monoisotopic (exact) mass is 427 g/mol. The summed E-state index contributed by atoms with van der Waals surface area (Å²) >= 11 is 0. The first-order valence-corrected chi connectivity index (χ1v) is 10.5. The molecule has 1 saturated heterocycles. The number of halogens is 2. The van der Waals surface area contributed by atoms with E-state index in [4.69, 9.17) is 0 Å². The van der Waals surface area contributed by atoms with E-state index in [1.165, 1.54) is 0 Å². The first-order valence-electron chi connectivity index (χ1n) is 10.5. The second kappa shape index (κ2) is 8.77. The van der Waals surface area contributed by atoms with E-state index >= 15 is 0 Å². The number of nitrogens with zero attached hydrogens (tertiary/aromatic N) is 2. The first kappa shape index (κ1) is 21.5. The van der Waals surface area contributed by atoms with Crippen LogP contribution in [0.25, 0.3) is 5.57 Å². The first-order chi connectivity index (χ1) is 15.0. The molecule has 2 N–H and O–H groups in total. The van der Waals surface area contributed by atoms with E-state index in [9.17, 15) is 18.7 Å². The van der Waals surface area contributed by atoms with Crippen molar-refractivity contribution in [3.8, 4) is 0 Å². The SMILES string of the molecule is CN(C(=O)N1CC(c2cc(F)ccc2F)=CC1(CO)c1ccccc1)C1CCCNC1. The maximum Gasteiger partial charge on any atom is 0.321 e. The summed E-state index contributed by atoms with van der Waals surface area (Å²) in [5.74, 6) is -1.12. The van der Waals surface area contributed by atoms with Gasteiger partial charge in [-0.3, -0.25) is 0 Å². The minimum atomic E-state index is -1.16. The van der Waals surface area contributed by atoms with E-state index in [1.54, 1.807) is 22.9 Å². The number of urea groups is 1. The zero-order valence-electron chi connectivity index (χ0n) is 17.5. The molecule has 1 fully saturated rings. The van der Waals surface area contributed by atoms with Crippen molar-refractivity contribution >= 4 is 11.6 Å². The molecule has 2 unspecified atom stereocenters. The Hall–Kier alpha value is -2.77. The number of carbonyl (C=O) groups excluding carboxylic acids is 1. The Bertz CT molecular complexity index is 976. The standard InChI is InChI=1S/C24H27F2N3O2/c1-28(20-8-5-11-27-14-20)23(31)29-15-17(21-12-19(25)9-10-22(21)26)13-24(29,16-30)18-6-3-2-4-7-18/h2-4,6-7,9-10,12-13,20,27,30H,5,8,11,14-16H2,1H3. The minimum absolute atomic E-state index is 0.0309. The van der Waals surface area contributed by atoms with Gasteiger partial charge in [-0.25, -0.2) is 13.6 Å². The van der Waals surface area contributed by atoms with Gasteiger partial charge in [-0.15, -0.1) is 0 Å². The zero-order valence-corrected chi connectivity index (χ0v) is 17.5. The summed E-state index contributed by atoms with van der Waals surface area (Å²) in [6, 6.07) is 12.2. The molecule has 2 heterocycles. The molecule has 5 nitrogen and oxygen atoms in total. The van der Waals surface area contributed by atoms with Crippen LogP contribution in [0, 0.1) is 11.6 Å². The van der Waals surface area contributed by atoms with Crippen LogP contribution in [-0.2, 0) is 5.54 Å². The highest BCUT2D eigenvalue weighted by Gasteiger charge is 2.46. The topological polar surface area (TPSA) is 55.8 Å². The molecule has 2 aliphatic heterocycles. The van der Waals surface area contributed by atoms with Crippen LogP contribution in [0.1, 0.15) is 24.0 Å².